The molecule has 0 aliphatic rings. The van der Waals surface area contributed by atoms with E-state index in [4.69, 9.17) is 4.52 Å². The predicted octanol–water partition coefficient (Wildman–Crippen LogP) is 3.86. The molecule has 0 aliphatic heterocycles. The van der Waals surface area contributed by atoms with Crippen LogP contribution in [-0.4, -0.2) is 25.9 Å². The molecule has 0 radical (unpaired) electrons. The van der Waals surface area contributed by atoms with E-state index in [0.717, 1.165) is 0 Å². The van der Waals surface area contributed by atoms with Gasteiger partial charge in [0.1, 0.15) is 10.6 Å². The molecule has 0 unspecified atom stereocenters. The number of carbonyl (C=O) groups is 1. The van der Waals surface area contributed by atoms with Crippen LogP contribution in [-0.2, 0) is 4.79 Å². The Bertz CT molecular complexity index is 1200. The number of amides is 1. The Hall–Kier alpha value is -2.91. The number of hydrogen-bond acceptors (Lipinski definition) is 7. The molecule has 0 saturated carbocycles. The van der Waals surface area contributed by atoms with Gasteiger partial charge in [-0.3, -0.25) is 14.2 Å². The number of carbonyl (C=O) groups excluding carboxylic acids is 1. The average molecular weight is 412 g/mol. The van der Waals surface area contributed by atoms with Crippen LogP contribution >= 0.6 is 23.1 Å². The number of thiophene rings is 1. The van der Waals surface area contributed by atoms with Crippen molar-refractivity contribution in [3.8, 4) is 5.69 Å². The highest BCUT2D eigenvalue weighted by atomic mass is 32.2. The van der Waals surface area contributed by atoms with Gasteiger partial charge >= 0.3 is 0 Å². The van der Waals surface area contributed by atoms with Crippen molar-refractivity contribution >= 4 is 45.0 Å². The van der Waals surface area contributed by atoms with E-state index in [2.05, 4.69) is 15.5 Å². The summed E-state index contributed by atoms with van der Waals surface area (Å²) in [5.41, 5.74) is 0.551. The number of para-hydroxylation sites is 1. The molecule has 28 heavy (non-hydrogen) atoms. The zero-order chi connectivity index (χ0) is 19.7. The molecule has 3 heterocycles. The third-order valence-corrected chi connectivity index (χ3v) is 5.87. The predicted molar refractivity (Wildman–Crippen MR) is 110 cm³/mol. The van der Waals surface area contributed by atoms with Crippen LogP contribution in [0.25, 0.3) is 15.9 Å². The van der Waals surface area contributed by atoms with E-state index in [-0.39, 0.29) is 11.5 Å². The van der Waals surface area contributed by atoms with Gasteiger partial charge in [-0.05, 0) is 37.4 Å². The molecule has 3 aromatic heterocycles. The summed E-state index contributed by atoms with van der Waals surface area (Å²) in [6, 6.07) is 12.7. The van der Waals surface area contributed by atoms with Crippen molar-refractivity contribution in [2.75, 3.05) is 5.32 Å². The molecule has 0 aliphatic carbocycles. The first kappa shape index (κ1) is 18.5. The lowest BCUT2D eigenvalue weighted by Gasteiger charge is -2.15. The summed E-state index contributed by atoms with van der Waals surface area (Å²) < 4.78 is 6.51. The van der Waals surface area contributed by atoms with E-state index >= 15 is 0 Å². The highest BCUT2D eigenvalue weighted by molar-refractivity contribution is 8.00. The minimum absolute atomic E-state index is 0.153. The van der Waals surface area contributed by atoms with Gasteiger partial charge in [-0.1, -0.05) is 35.1 Å². The summed E-state index contributed by atoms with van der Waals surface area (Å²) >= 11 is 2.62. The van der Waals surface area contributed by atoms with Crippen molar-refractivity contribution in [1.29, 1.82) is 0 Å². The van der Waals surface area contributed by atoms with Crippen LogP contribution in [0.1, 0.15) is 12.7 Å². The van der Waals surface area contributed by atoms with Crippen LogP contribution in [0.15, 0.2) is 62.3 Å². The van der Waals surface area contributed by atoms with Crippen molar-refractivity contribution in [3.63, 3.8) is 0 Å². The van der Waals surface area contributed by atoms with Crippen molar-refractivity contribution < 1.29 is 9.32 Å². The van der Waals surface area contributed by atoms with Crippen LogP contribution in [0.5, 0.6) is 0 Å². The molecule has 1 aromatic carbocycles. The number of aryl methyl sites for hydroxylation is 1. The standard InChI is InChI=1S/C19H16N4O3S2/c1-11-10-15(22-26-11)20-16(24)12(2)28-19-21-17-14(8-9-27-17)18(25)23(19)13-6-4-3-5-7-13/h3-10,12H,1-2H3,(H,20,22,24)/t12-/m0/s1. The first-order valence-electron chi connectivity index (χ1n) is 8.49. The van der Waals surface area contributed by atoms with Gasteiger partial charge in [-0.25, -0.2) is 4.98 Å². The van der Waals surface area contributed by atoms with Gasteiger partial charge in [0.2, 0.25) is 5.91 Å². The van der Waals surface area contributed by atoms with Gasteiger partial charge in [0.25, 0.3) is 5.56 Å². The number of rotatable bonds is 5. The lowest BCUT2D eigenvalue weighted by molar-refractivity contribution is -0.115. The molecular weight excluding hydrogens is 396 g/mol. The Morgan fingerprint density at radius 1 is 1.29 bits per heavy atom. The second-order valence-corrected chi connectivity index (χ2v) is 8.28. The fraction of sp³-hybridized carbons (Fsp3) is 0.158. The van der Waals surface area contributed by atoms with Crippen LogP contribution < -0.4 is 10.9 Å². The molecule has 7 nitrogen and oxygen atoms in total. The topological polar surface area (TPSA) is 90.0 Å². The lowest BCUT2D eigenvalue weighted by Crippen LogP contribution is -2.26. The molecule has 1 atom stereocenters. The minimum atomic E-state index is -0.503. The molecular formula is C19H16N4O3S2. The van der Waals surface area contributed by atoms with Crippen molar-refractivity contribution in [1.82, 2.24) is 14.7 Å². The van der Waals surface area contributed by atoms with E-state index in [0.29, 0.717) is 32.6 Å². The second-order valence-electron chi connectivity index (χ2n) is 6.08. The number of nitrogens with one attached hydrogen (secondary N) is 1. The Balaban J connectivity index is 1.69. The molecule has 9 heteroatoms. The largest absolute Gasteiger partial charge is 0.360 e. The third kappa shape index (κ3) is 3.58. The van der Waals surface area contributed by atoms with Crippen LogP contribution in [0.4, 0.5) is 5.82 Å². The smallest absolute Gasteiger partial charge is 0.267 e. The Kier molecular flexibility index (Phi) is 5.01. The van der Waals surface area contributed by atoms with Crippen molar-refractivity contribution in [3.05, 3.63) is 64.0 Å². The number of hydrogen-bond donors (Lipinski definition) is 1. The van der Waals surface area contributed by atoms with E-state index in [1.165, 1.54) is 23.1 Å². The SMILES string of the molecule is Cc1cc(NC(=O)[C@H](C)Sc2nc3sccc3c(=O)n2-c2ccccc2)no1. The fourth-order valence-electron chi connectivity index (χ4n) is 2.64. The lowest BCUT2D eigenvalue weighted by atomic mass is 10.3. The molecule has 1 N–H and O–H groups in total. The van der Waals surface area contributed by atoms with Gasteiger partial charge in [-0.15, -0.1) is 11.3 Å². The molecule has 142 valence electrons. The number of nitrogens with zero attached hydrogens (tertiary/aromatic N) is 3. The summed E-state index contributed by atoms with van der Waals surface area (Å²) in [5, 5.41) is 8.85. The first-order chi connectivity index (χ1) is 13.5. The maximum absolute atomic E-state index is 13.0. The van der Waals surface area contributed by atoms with Crippen molar-refractivity contribution in [2.45, 2.75) is 24.3 Å². The monoisotopic (exact) mass is 412 g/mol. The normalized spacial score (nSPS) is 12.2. The highest BCUT2D eigenvalue weighted by Gasteiger charge is 2.21. The molecule has 0 bridgehead atoms. The molecule has 1 amide bonds. The Morgan fingerprint density at radius 3 is 2.79 bits per heavy atom. The van der Waals surface area contributed by atoms with Gasteiger partial charge in [0.15, 0.2) is 11.0 Å². The number of fused-ring (bicyclic) bond motifs is 1. The summed E-state index contributed by atoms with van der Waals surface area (Å²) in [6.45, 7) is 3.51. The summed E-state index contributed by atoms with van der Waals surface area (Å²) in [5.74, 6) is 0.717. The second kappa shape index (κ2) is 7.61. The fourth-order valence-corrected chi connectivity index (χ4v) is 4.38. The van der Waals surface area contributed by atoms with E-state index in [9.17, 15) is 9.59 Å². The van der Waals surface area contributed by atoms with Gasteiger partial charge in [0, 0.05) is 6.07 Å². The molecule has 0 fully saturated rings. The maximum atomic E-state index is 13.0. The van der Waals surface area contributed by atoms with Crippen LogP contribution in [0, 0.1) is 6.92 Å². The minimum Gasteiger partial charge on any atom is -0.360 e. The molecule has 4 rings (SSSR count). The van der Waals surface area contributed by atoms with Gasteiger partial charge in [0.05, 0.1) is 16.3 Å². The van der Waals surface area contributed by atoms with Gasteiger partial charge < -0.3 is 9.84 Å². The molecule has 0 spiro atoms. The Labute approximate surface area is 168 Å². The third-order valence-electron chi connectivity index (χ3n) is 4.01. The average Bonchev–Trinajstić information content (AvgIpc) is 3.31. The highest BCUT2D eigenvalue weighted by Crippen LogP contribution is 2.27. The summed E-state index contributed by atoms with van der Waals surface area (Å²) in [6.07, 6.45) is 0. The Morgan fingerprint density at radius 2 is 2.07 bits per heavy atom. The summed E-state index contributed by atoms with van der Waals surface area (Å²) in [4.78, 5) is 30.9. The first-order valence-corrected chi connectivity index (χ1v) is 10.3. The quantitative estimate of drug-likeness (QED) is 0.395. The molecule has 0 saturated heterocycles. The zero-order valence-electron chi connectivity index (χ0n) is 15.1. The van der Waals surface area contributed by atoms with Crippen LogP contribution in [0.3, 0.4) is 0 Å². The number of thioether (sulfide) groups is 1. The molecule has 4 aromatic rings. The number of benzene rings is 1. The van der Waals surface area contributed by atoms with Gasteiger partial charge in [-0.2, -0.15) is 0 Å². The van der Waals surface area contributed by atoms with E-state index in [1.54, 1.807) is 30.5 Å². The van der Waals surface area contributed by atoms with Crippen LogP contribution in [0.2, 0.25) is 0 Å². The van der Waals surface area contributed by atoms with E-state index in [1.807, 2.05) is 35.7 Å². The number of anilines is 1. The maximum Gasteiger partial charge on any atom is 0.267 e. The van der Waals surface area contributed by atoms with Crippen molar-refractivity contribution in [2.24, 2.45) is 0 Å². The van der Waals surface area contributed by atoms with E-state index < -0.39 is 5.25 Å². The summed E-state index contributed by atoms with van der Waals surface area (Å²) in [7, 11) is 0. The zero-order valence-corrected chi connectivity index (χ0v) is 16.7. The number of aromatic nitrogens is 3.